The summed E-state index contributed by atoms with van der Waals surface area (Å²) in [7, 11) is -4.43. The van der Waals surface area contributed by atoms with Gasteiger partial charge in [-0.05, 0) is 73.1 Å². The molecule has 9 nitrogen and oxygen atoms in total. The molecule has 0 spiro atoms. The molecule has 2 aromatic rings. The Morgan fingerprint density at radius 2 is 1.74 bits per heavy atom. The number of rotatable bonds is 6. The summed E-state index contributed by atoms with van der Waals surface area (Å²) < 4.78 is 50.6. The van der Waals surface area contributed by atoms with Crippen molar-refractivity contribution in [1.82, 2.24) is 0 Å². The van der Waals surface area contributed by atoms with Crippen molar-refractivity contribution in [2.45, 2.75) is 49.2 Å². The standard InChI is InChI=1S/C28H26O9S/c1-2-14-7-9-15(10-8-14)26(29)36-24-18-13-19-23(28(31)37-25(19)24)22(18)27(30)35-20-11-12-21(38(32,33)34)17-6-4-3-5-16(17)20/h2,7-12,18-19,22-25H,1,3-6,13H2,(H,32,33,34). The summed E-state index contributed by atoms with van der Waals surface area (Å²) in [5.41, 5.74) is 2.21. The van der Waals surface area contributed by atoms with E-state index in [9.17, 15) is 27.4 Å². The van der Waals surface area contributed by atoms with Crippen LogP contribution in [0.2, 0.25) is 0 Å². The molecule has 2 bridgehead atoms. The lowest BCUT2D eigenvalue weighted by Crippen LogP contribution is -2.44. The second kappa shape index (κ2) is 9.06. The summed E-state index contributed by atoms with van der Waals surface area (Å²) in [5.74, 6) is -3.70. The zero-order valence-electron chi connectivity index (χ0n) is 20.4. The lowest BCUT2D eigenvalue weighted by atomic mass is 9.78. The van der Waals surface area contributed by atoms with E-state index in [4.69, 9.17) is 14.2 Å². The smallest absolute Gasteiger partial charge is 0.338 e. The molecule has 2 saturated carbocycles. The van der Waals surface area contributed by atoms with Gasteiger partial charge in [0.2, 0.25) is 0 Å². The summed E-state index contributed by atoms with van der Waals surface area (Å²) in [5, 5.41) is 0. The van der Waals surface area contributed by atoms with Crippen LogP contribution >= 0.6 is 0 Å². The maximum atomic E-state index is 13.5. The van der Waals surface area contributed by atoms with Gasteiger partial charge in [0.1, 0.15) is 18.0 Å². The fourth-order valence-electron chi connectivity index (χ4n) is 6.73. The van der Waals surface area contributed by atoms with E-state index in [1.165, 1.54) is 12.1 Å². The van der Waals surface area contributed by atoms with E-state index < -0.39 is 58.0 Å². The van der Waals surface area contributed by atoms with Crippen LogP contribution in [0.1, 0.15) is 46.3 Å². The molecular formula is C28H26O9S. The molecule has 1 N–H and O–H groups in total. The van der Waals surface area contributed by atoms with Crippen molar-refractivity contribution in [3.8, 4) is 5.75 Å². The number of carbonyl (C=O) groups is 3. The first-order valence-corrected chi connectivity index (χ1v) is 14.1. The largest absolute Gasteiger partial charge is 0.458 e. The molecule has 0 amide bonds. The third-order valence-electron chi connectivity index (χ3n) is 8.38. The second-order valence-corrected chi connectivity index (χ2v) is 11.7. The highest BCUT2D eigenvalue weighted by molar-refractivity contribution is 7.85. The SMILES string of the molecule is C=Cc1ccc(C(=O)OC2C3CC4C2OC(=O)C4C3C(=O)Oc2ccc(S(=O)(=O)O)c3c2CCCC3)cc1. The number of hydrogen-bond acceptors (Lipinski definition) is 8. The molecule has 6 atom stereocenters. The van der Waals surface area contributed by atoms with E-state index >= 15 is 0 Å². The van der Waals surface area contributed by atoms with Crippen molar-refractivity contribution in [2.75, 3.05) is 0 Å². The first-order valence-electron chi connectivity index (χ1n) is 12.7. The van der Waals surface area contributed by atoms with E-state index in [2.05, 4.69) is 6.58 Å². The highest BCUT2D eigenvalue weighted by Crippen LogP contribution is 2.59. The molecule has 198 valence electrons. The van der Waals surface area contributed by atoms with Crippen molar-refractivity contribution in [3.63, 3.8) is 0 Å². The Hall–Kier alpha value is -3.50. The number of ether oxygens (including phenoxy) is 3. The average Bonchev–Trinajstić information content (AvgIpc) is 3.52. The van der Waals surface area contributed by atoms with E-state index in [0.717, 1.165) is 18.4 Å². The molecule has 6 rings (SSSR count). The van der Waals surface area contributed by atoms with Crippen LogP contribution in [0.4, 0.5) is 0 Å². The molecule has 2 aromatic carbocycles. The molecule has 0 aromatic heterocycles. The molecule has 0 radical (unpaired) electrons. The Morgan fingerprint density at radius 3 is 2.42 bits per heavy atom. The number of benzene rings is 2. The van der Waals surface area contributed by atoms with Crippen molar-refractivity contribution in [1.29, 1.82) is 0 Å². The summed E-state index contributed by atoms with van der Waals surface area (Å²) >= 11 is 0. The molecule has 10 heteroatoms. The van der Waals surface area contributed by atoms with Crippen LogP contribution in [-0.4, -0.2) is 43.1 Å². The molecular weight excluding hydrogens is 512 g/mol. The minimum atomic E-state index is -4.43. The van der Waals surface area contributed by atoms with Crippen LogP contribution in [0, 0.1) is 23.7 Å². The zero-order valence-corrected chi connectivity index (χ0v) is 21.2. The van der Waals surface area contributed by atoms with Crippen molar-refractivity contribution in [2.24, 2.45) is 23.7 Å². The van der Waals surface area contributed by atoms with Gasteiger partial charge >= 0.3 is 17.9 Å². The van der Waals surface area contributed by atoms with Crippen LogP contribution in [0.15, 0.2) is 47.9 Å². The predicted octanol–water partition coefficient (Wildman–Crippen LogP) is 3.39. The first-order chi connectivity index (χ1) is 18.2. The molecule has 1 aliphatic heterocycles. The minimum Gasteiger partial charge on any atom is -0.458 e. The Bertz CT molecular complexity index is 1460. The average molecular weight is 539 g/mol. The molecule has 1 saturated heterocycles. The minimum absolute atomic E-state index is 0.178. The van der Waals surface area contributed by atoms with Gasteiger partial charge in [0.15, 0.2) is 0 Å². The maximum absolute atomic E-state index is 13.5. The van der Waals surface area contributed by atoms with Gasteiger partial charge in [0.25, 0.3) is 10.1 Å². The van der Waals surface area contributed by atoms with E-state index in [1.807, 2.05) is 0 Å². The van der Waals surface area contributed by atoms with Crippen LogP contribution in [0.5, 0.6) is 5.75 Å². The third-order valence-corrected chi connectivity index (χ3v) is 9.32. The maximum Gasteiger partial charge on any atom is 0.338 e. The second-order valence-electron chi connectivity index (χ2n) is 10.3. The normalized spacial score (nSPS) is 28.9. The fraction of sp³-hybridized carbons (Fsp3) is 0.393. The summed E-state index contributed by atoms with van der Waals surface area (Å²) in [6.07, 6.45) is 3.24. The molecule has 6 unspecified atom stereocenters. The van der Waals surface area contributed by atoms with Gasteiger partial charge in [-0.15, -0.1) is 0 Å². The molecule has 3 aliphatic carbocycles. The third kappa shape index (κ3) is 3.94. The van der Waals surface area contributed by atoms with Gasteiger partial charge in [-0.3, -0.25) is 14.1 Å². The lowest BCUT2D eigenvalue weighted by Gasteiger charge is -2.30. The highest BCUT2D eigenvalue weighted by atomic mass is 32.2. The Labute approximate surface area is 219 Å². The van der Waals surface area contributed by atoms with Gasteiger partial charge in [-0.1, -0.05) is 24.8 Å². The summed E-state index contributed by atoms with van der Waals surface area (Å²) in [6, 6.07) is 9.35. The molecule has 38 heavy (non-hydrogen) atoms. The van der Waals surface area contributed by atoms with Crippen molar-refractivity contribution < 1.29 is 41.6 Å². The van der Waals surface area contributed by atoms with E-state index in [0.29, 0.717) is 36.0 Å². The van der Waals surface area contributed by atoms with E-state index in [-0.39, 0.29) is 16.6 Å². The molecule has 1 heterocycles. The number of fused-ring (bicyclic) bond motifs is 2. The van der Waals surface area contributed by atoms with Gasteiger partial charge in [-0.2, -0.15) is 8.42 Å². The van der Waals surface area contributed by atoms with Gasteiger partial charge in [0, 0.05) is 11.8 Å². The van der Waals surface area contributed by atoms with Gasteiger partial charge in [-0.25, -0.2) is 4.79 Å². The van der Waals surface area contributed by atoms with Crippen LogP contribution < -0.4 is 4.74 Å². The first kappa shape index (κ1) is 24.8. The number of carbonyl (C=O) groups excluding carboxylic acids is 3. The van der Waals surface area contributed by atoms with E-state index in [1.54, 1.807) is 30.3 Å². The van der Waals surface area contributed by atoms with Gasteiger partial charge in [0.05, 0.1) is 22.3 Å². The zero-order chi connectivity index (χ0) is 26.8. The number of hydrogen-bond donors (Lipinski definition) is 1. The number of esters is 3. The molecule has 4 aliphatic rings. The van der Waals surface area contributed by atoms with Crippen LogP contribution in [-0.2, 0) is 42.0 Å². The predicted molar refractivity (Wildman–Crippen MR) is 133 cm³/mol. The Morgan fingerprint density at radius 1 is 1.03 bits per heavy atom. The van der Waals surface area contributed by atoms with Crippen LogP contribution in [0.25, 0.3) is 6.08 Å². The summed E-state index contributed by atoms with van der Waals surface area (Å²) in [6.45, 7) is 3.69. The van der Waals surface area contributed by atoms with Crippen LogP contribution in [0.3, 0.4) is 0 Å². The fourth-order valence-corrected chi connectivity index (χ4v) is 7.51. The van der Waals surface area contributed by atoms with Crippen molar-refractivity contribution >= 4 is 34.1 Å². The Kier molecular flexibility index (Phi) is 5.92. The lowest BCUT2D eigenvalue weighted by molar-refractivity contribution is -0.149. The topological polar surface area (TPSA) is 133 Å². The molecule has 3 fully saturated rings. The quantitative estimate of drug-likeness (QED) is 0.334. The summed E-state index contributed by atoms with van der Waals surface area (Å²) in [4.78, 5) is 39.0. The van der Waals surface area contributed by atoms with Crippen molar-refractivity contribution in [3.05, 3.63) is 65.2 Å². The Balaban J connectivity index is 1.26. The highest BCUT2D eigenvalue weighted by Gasteiger charge is 2.70. The van der Waals surface area contributed by atoms with Gasteiger partial charge < -0.3 is 14.2 Å². The monoisotopic (exact) mass is 538 g/mol.